The lowest BCUT2D eigenvalue weighted by atomic mass is 9.77. The van der Waals surface area contributed by atoms with Crippen LogP contribution < -0.4 is 11.0 Å². The number of hydrogen-bond donors (Lipinski definition) is 1. The van der Waals surface area contributed by atoms with Crippen LogP contribution in [0.15, 0.2) is 63.5 Å². The third-order valence-electron chi connectivity index (χ3n) is 6.42. The second-order valence-corrected chi connectivity index (χ2v) is 9.15. The Hall–Kier alpha value is -2.98. The number of benzene rings is 2. The smallest absolute Gasteiger partial charge is 0.306 e. The summed E-state index contributed by atoms with van der Waals surface area (Å²) >= 11 is 0. The van der Waals surface area contributed by atoms with Crippen LogP contribution in [-0.2, 0) is 11.3 Å². The maximum atomic E-state index is 13.3. The van der Waals surface area contributed by atoms with Crippen LogP contribution in [-0.4, -0.2) is 26.7 Å². The standard InChI is InChI=1S/C24H25N4O2P/c1-14-9-16(11-18(31)10-14)21-7-8-25-28(21)23(29)19-12-17(15(19)2)13-27-22-6-4-3-5-20(22)26-24(27)30/h3-6,8-11,19,21H,7,12-13,31H2,1-2H3,(H,26,30). The van der Waals surface area contributed by atoms with E-state index in [0.717, 1.165) is 39.5 Å². The van der Waals surface area contributed by atoms with Gasteiger partial charge in [0.05, 0.1) is 23.0 Å². The van der Waals surface area contributed by atoms with Gasteiger partial charge in [0.2, 0.25) is 0 Å². The summed E-state index contributed by atoms with van der Waals surface area (Å²) in [5, 5.41) is 7.18. The summed E-state index contributed by atoms with van der Waals surface area (Å²) in [7, 11) is 2.74. The number of amides is 1. The Morgan fingerprint density at radius 1 is 1.23 bits per heavy atom. The molecule has 0 saturated carbocycles. The number of H-pyrrole nitrogens is 1. The van der Waals surface area contributed by atoms with E-state index in [0.29, 0.717) is 13.0 Å². The molecule has 1 aliphatic heterocycles. The fourth-order valence-electron chi connectivity index (χ4n) is 4.69. The number of allylic oxidation sites excluding steroid dienone is 1. The molecule has 3 aromatic rings. The van der Waals surface area contributed by atoms with Crippen LogP contribution in [0.5, 0.6) is 0 Å². The van der Waals surface area contributed by atoms with Gasteiger partial charge in [-0.05, 0) is 54.9 Å². The van der Waals surface area contributed by atoms with Crippen LogP contribution in [0.4, 0.5) is 0 Å². The first-order valence-corrected chi connectivity index (χ1v) is 11.1. The molecule has 5 rings (SSSR count). The van der Waals surface area contributed by atoms with Gasteiger partial charge in [-0.3, -0.25) is 9.36 Å². The van der Waals surface area contributed by atoms with E-state index in [-0.39, 0.29) is 23.6 Å². The molecular formula is C24H25N4O2P. The van der Waals surface area contributed by atoms with Gasteiger partial charge in [0.15, 0.2) is 0 Å². The molecule has 3 unspecified atom stereocenters. The summed E-state index contributed by atoms with van der Waals surface area (Å²) in [6.07, 6.45) is 3.22. The van der Waals surface area contributed by atoms with Gasteiger partial charge in [-0.25, -0.2) is 9.80 Å². The number of nitrogens with zero attached hydrogens (tertiary/aromatic N) is 3. The number of aromatic amines is 1. The molecule has 1 amide bonds. The molecule has 1 aliphatic carbocycles. The number of hydrogen-bond acceptors (Lipinski definition) is 3. The van der Waals surface area contributed by atoms with Crippen molar-refractivity contribution in [3.8, 4) is 0 Å². The number of aromatic nitrogens is 2. The first kappa shape index (κ1) is 20.0. The van der Waals surface area contributed by atoms with Crippen molar-refractivity contribution in [2.24, 2.45) is 11.0 Å². The molecule has 0 saturated heterocycles. The molecule has 1 aromatic heterocycles. The van der Waals surface area contributed by atoms with E-state index in [2.05, 4.69) is 44.4 Å². The maximum absolute atomic E-state index is 13.3. The zero-order valence-corrected chi connectivity index (χ0v) is 18.8. The molecule has 31 heavy (non-hydrogen) atoms. The minimum absolute atomic E-state index is 0.0399. The number of rotatable bonds is 4. The summed E-state index contributed by atoms with van der Waals surface area (Å²) in [6.45, 7) is 4.58. The number of nitrogens with one attached hydrogen (secondary N) is 1. The Kier molecular flexibility index (Phi) is 4.90. The van der Waals surface area contributed by atoms with Gasteiger partial charge in [-0.1, -0.05) is 35.4 Å². The molecule has 2 heterocycles. The van der Waals surface area contributed by atoms with E-state index >= 15 is 0 Å². The summed E-state index contributed by atoms with van der Waals surface area (Å²) in [5.74, 6) is -0.132. The average Bonchev–Trinajstić information content (AvgIpc) is 3.34. The molecule has 2 aliphatic rings. The lowest BCUT2D eigenvalue weighted by Gasteiger charge is -2.34. The molecule has 2 aromatic carbocycles. The molecule has 0 fully saturated rings. The highest BCUT2D eigenvalue weighted by Crippen LogP contribution is 2.40. The van der Waals surface area contributed by atoms with Gasteiger partial charge in [0, 0.05) is 19.2 Å². The number of fused-ring (bicyclic) bond motifs is 1. The largest absolute Gasteiger partial charge is 0.326 e. The molecule has 1 N–H and O–H groups in total. The molecule has 3 atom stereocenters. The van der Waals surface area contributed by atoms with E-state index in [4.69, 9.17) is 0 Å². The predicted octanol–water partition coefficient (Wildman–Crippen LogP) is 3.43. The topological polar surface area (TPSA) is 70.5 Å². The van der Waals surface area contributed by atoms with Crippen LogP contribution in [0.2, 0.25) is 0 Å². The fourth-order valence-corrected chi connectivity index (χ4v) is 5.15. The van der Waals surface area contributed by atoms with Gasteiger partial charge in [0.25, 0.3) is 5.91 Å². The van der Waals surface area contributed by atoms with Crippen LogP contribution >= 0.6 is 9.24 Å². The van der Waals surface area contributed by atoms with Gasteiger partial charge in [-0.15, -0.1) is 9.24 Å². The summed E-state index contributed by atoms with van der Waals surface area (Å²) in [4.78, 5) is 28.6. The zero-order chi connectivity index (χ0) is 21.7. The fraction of sp³-hybridized carbons (Fsp3) is 0.292. The summed E-state index contributed by atoms with van der Waals surface area (Å²) in [5.41, 5.74) is 6.09. The van der Waals surface area contributed by atoms with Crippen molar-refractivity contribution < 1.29 is 4.79 Å². The van der Waals surface area contributed by atoms with Crippen molar-refractivity contribution in [1.82, 2.24) is 14.6 Å². The number of carbonyl (C=O) groups excluding carboxylic acids is 1. The van der Waals surface area contributed by atoms with Crippen molar-refractivity contribution in [3.05, 3.63) is 75.2 Å². The number of imidazole rings is 1. The molecule has 6 nitrogen and oxygen atoms in total. The van der Waals surface area contributed by atoms with Crippen LogP contribution in [0.1, 0.15) is 36.9 Å². The molecule has 158 valence electrons. The first-order valence-electron chi connectivity index (χ1n) is 10.5. The van der Waals surface area contributed by atoms with Crippen LogP contribution in [0, 0.1) is 12.8 Å². The van der Waals surface area contributed by atoms with Crippen molar-refractivity contribution in [3.63, 3.8) is 0 Å². The molecular weight excluding hydrogens is 407 g/mol. The third kappa shape index (κ3) is 3.45. The van der Waals surface area contributed by atoms with E-state index in [1.807, 2.05) is 37.4 Å². The second-order valence-electron chi connectivity index (χ2n) is 8.49. The molecule has 0 radical (unpaired) electrons. The Balaban J connectivity index is 1.37. The van der Waals surface area contributed by atoms with Gasteiger partial charge < -0.3 is 4.98 Å². The minimum Gasteiger partial charge on any atom is -0.306 e. The molecule has 0 bridgehead atoms. The number of carbonyl (C=O) groups is 1. The monoisotopic (exact) mass is 432 g/mol. The highest BCUT2D eigenvalue weighted by Gasteiger charge is 2.39. The quantitative estimate of drug-likeness (QED) is 0.507. The zero-order valence-electron chi connectivity index (χ0n) is 17.6. The Morgan fingerprint density at radius 2 is 2.03 bits per heavy atom. The SMILES string of the molecule is CC1=C(Cn2c(=O)[nH]c3ccccc32)CC1C(=O)N1N=CCC1c1cc(C)cc(P)c1. The Morgan fingerprint density at radius 3 is 2.81 bits per heavy atom. The lowest BCUT2D eigenvalue weighted by Crippen LogP contribution is -2.38. The number of hydrazone groups is 1. The second kappa shape index (κ2) is 7.61. The van der Waals surface area contributed by atoms with Gasteiger partial charge >= 0.3 is 5.69 Å². The number of aryl methyl sites for hydroxylation is 1. The minimum atomic E-state index is -0.172. The van der Waals surface area contributed by atoms with Crippen molar-refractivity contribution in [1.29, 1.82) is 0 Å². The van der Waals surface area contributed by atoms with E-state index < -0.39 is 0 Å². The normalized spacial score (nSPS) is 20.5. The Bertz CT molecular complexity index is 1300. The number of para-hydroxylation sites is 2. The summed E-state index contributed by atoms with van der Waals surface area (Å²) < 4.78 is 1.75. The van der Waals surface area contributed by atoms with Crippen molar-refractivity contribution in [2.75, 3.05) is 0 Å². The Labute approximate surface area is 182 Å². The van der Waals surface area contributed by atoms with E-state index in [1.54, 1.807) is 9.58 Å². The van der Waals surface area contributed by atoms with Crippen LogP contribution in [0.3, 0.4) is 0 Å². The van der Waals surface area contributed by atoms with E-state index in [1.165, 1.54) is 5.56 Å². The third-order valence-corrected chi connectivity index (χ3v) is 6.76. The highest BCUT2D eigenvalue weighted by atomic mass is 31.0. The van der Waals surface area contributed by atoms with Gasteiger partial charge in [0.1, 0.15) is 0 Å². The van der Waals surface area contributed by atoms with Crippen molar-refractivity contribution >= 4 is 37.7 Å². The van der Waals surface area contributed by atoms with Crippen molar-refractivity contribution in [2.45, 2.75) is 39.3 Å². The average molecular weight is 432 g/mol. The predicted molar refractivity (Wildman–Crippen MR) is 127 cm³/mol. The highest BCUT2D eigenvalue weighted by molar-refractivity contribution is 7.27. The van der Waals surface area contributed by atoms with Crippen LogP contribution in [0.25, 0.3) is 11.0 Å². The molecule has 7 heteroatoms. The summed E-state index contributed by atoms with van der Waals surface area (Å²) in [6, 6.07) is 14.0. The molecule has 0 spiro atoms. The van der Waals surface area contributed by atoms with E-state index in [9.17, 15) is 9.59 Å². The van der Waals surface area contributed by atoms with Gasteiger partial charge in [-0.2, -0.15) is 5.10 Å². The lowest BCUT2D eigenvalue weighted by molar-refractivity contribution is -0.136. The first-order chi connectivity index (χ1) is 14.9. The maximum Gasteiger partial charge on any atom is 0.326 e.